The Bertz CT molecular complexity index is 267. The fourth-order valence-electron chi connectivity index (χ4n) is 1.25. The van der Waals surface area contributed by atoms with Crippen LogP contribution in [-0.2, 0) is 4.74 Å². The second-order valence-electron chi connectivity index (χ2n) is 2.95. The Morgan fingerprint density at radius 2 is 2.54 bits per heavy atom. The van der Waals surface area contributed by atoms with Crippen LogP contribution in [0.2, 0.25) is 0 Å². The third kappa shape index (κ3) is 2.13. The van der Waals surface area contributed by atoms with E-state index in [4.69, 9.17) is 4.74 Å². The van der Waals surface area contributed by atoms with Crippen LogP contribution in [0.25, 0.3) is 0 Å². The molecule has 0 aliphatic carbocycles. The highest BCUT2D eigenvalue weighted by atomic mass is 16.5. The Balaban J connectivity index is 1.92. The summed E-state index contributed by atoms with van der Waals surface area (Å²) in [6.07, 6.45) is 3.22. The van der Waals surface area contributed by atoms with E-state index in [0.717, 1.165) is 0 Å². The molecule has 13 heavy (non-hydrogen) atoms. The van der Waals surface area contributed by atoms with Crippen LogP contribution in [0.15, 0.2) is 18.6 Å². The Morgan fingerprint density at radius 1 is 1.62 bits per heavy atom. The molecule has 5 nitrogen and oxygen atoms in total. The Labute approximate surface area is 75.8 Å². The summed E-state index contributed by atoms with van der Waals surface area (Å²) < 4.78 is 5.25. The fourth-order valence-corrected chi connectivity index (χ4v) is 1.25. The lowest BCUT2D eigenvalue weighted by Gasteiger charge is -2.11. The monoisotopic (exact) mass is 181 g/mol. The zero-order chi connectivity index (χ0) is 9.10. The molecule has 0 aromatic carbocycles. The molecule has 1 aromatic heterocycles. The number of hydrogen-bond donors (Lipinski definition) is 2. The second-order valence-corrected chi connectivity index (χ2v) is 2.95. The lowest BCUT2D eigenvalue weighted by atomic mass is 10.3. The number of nitrogens with zero attached hydrogens (tertiary/aromatic N) is 2. The van der Waals surface area contributed by atoms with E-state index in [0.29, 0.717) is 18.8 Å². The Morgan fingerprint density at radius 3 is 3.15 bits per heavy atom. The predicted molar refractivity (Wildman–Crippen MR) is 46.0 cm³/mol. The van der Waals surface area contributed by atoms with Crippen molar-refractivity contribution in [2.75, 3.05) is 11.9 Å². The maximum Gasteiger partial charge on any atom is 0.131 e. The van der Waals surface area contributed by atoms with Crippen molar-refractivity contribution in [3.63, 3.8) is 0 Å². The highest BCUT2D eigenvalue weighted by Gasteiger charge is 2.23. The van der Waals surface area contributed by atoms with Gasteiger partial charge in [-0.05, 0) is 6.07 Å². The zero-order valence-electron chi connectivity index (χ0n) is 7.05. The molecule has 0 spiro atoms. The number of aliphatic hydroxyl groups is 1. The summed E-state index contributed by atoms with van der Waals surface area (Å²) in [5, 5.41) is 12.2. The van der Waals surface area contributed by atoms with Crippen molar-refractivity contribution >= 4 is 5.82 Å². The first-order valence-electron chi connectivity index (χ1n) is 4.17. The van der Waals surface area contributed by atoms with Crippen molar-refractivity contribution in [1.82, 2.24) is 9.97 Å². The van der Waals surface area contributed by atoms with Gasteiger partial charge in [0, 0.05) is 12.6 Å². The first-order chi connectivity index (χ1) is 6.34. The molecule has 5 heteroatoms. The van der Waals surface area contributed by atoms with E-state index in [1.165, 1.54) is 6.33 Å². The van der Waals surface area contributed by atoms with E-state index in [1.807, 2.05) is 0 Å². The SMILES string of the molecule is OC1COC(Nc2ccncn2)C1. The summed E-state index contributed by atoms with van der Waals surface area (Å²) in [5.74, 6) is 0.717. The van der Waals surface area contributed by atoms with Crippen LogP contribution in [0.5, 0.6) is 0 Å². The van der Waals surface area contributed by atoms with Crippen LogP contribution in [0.4, 0.5) is 5.82 Å². The van der Waals surface area contributed by atoms with Crippen LogP contribution in [0.1, 0.15) is 6.42 Å². The molecule has 2 heterocycles. The minimum Gasteiger partial charge on any atom is -0.391 e. The van der Waals surface area contributed by atoms with Crippen molar-refractivity contribution in [3.8, 4) is 0 Å². The van der Waals surface area contributed by atoms with Gasteiger partial charge in [0.05, 0.1) is 12.7 Å². The molecule has 2 atom stereocenters. The first kappa shape index (κ1) is 8.40. The van der Waals surface area contributed by atoms with Gasteiger partial charge in [0.25, 0.3) is 0 Å². The summed E-state index contributed by atoms with van der Waals surface area (Å²) in [5.41, 5.74) is 0. The Kier molecular flexibility index (Phi) is 2.37. The molecule has 0 amide bonds. The van der Waals surface area contributed by atoms with E-state index < -0.39 is 0 Å². The number of ether oxygens (including phenoxy) is 1. The van der Waals surface area contributed by atoms with Gasteiger partial charge in [0.2, 0.25) is 0 Å². The molecular weight excluding hydrogens is 170 g/mol. The van der Waals surface area contributed by atoms with Crippen LogP contribution in [-0.4, -0.2) is 34.0 Å². The molecule has 2 N–H and O–H groups in total. The normalized spacial score (nSPS) is 27.5. The van der Waals surface area contributed by atoms with Gasteiger partial charge in [-0.15, -0.1) is 0 Å². The minimum atomic E-state index is -0.362. The van der Waals surface area contributed by atoms with Gasteiger partial charge in [0.15, 0.2) is 0 Å². The van der Waals surface area contributed by atoms with Gasteiger partial charge < -0.3 is 15.2 Å². The molecule has 1 aromatic rings. The van der Waals surface area contributed by atoms with Crippen LogP contribution in [0, 0.1) is 0 Å². The average Bonchev–Trinajstić information content (AvgIpc) is 2.53. The lowest BCUT2D eigenvalue weighted by Crippen LogP contribution is -2.18. The smallest absolute Gasteiger partial charge is 0.131 e. The average molecular weight is 181 g/mol. The van der Waals surface area contributed by atoms with E-state index in [2.05, 4.69) is 15.3 Å². The highest BCUT2D eigenvalue weighted by Crippen LogP contribution is 2.14. The van der Waals surface area contributed by atoms with Gasteiger partial charge in [-0.3, -0.25) is 0 Å². The lowest BCUT2D eigenvalue weighted by molar-refractivity contribution is 0.101. The summed E-state index contributed by atoms with van der Waals surface area (Å²) in [6, 6.07) is 1.76. The minimum absolute atomic E-state index is 0.134. The van der Waals surface area contributed by atoms with Crippen LogP contribution < -0.4 is 5.32 Å². The van der Waals surface area contributed by atoms with Crippen molar-refractivity contribution in [3.05, 3.63) is 18.6 Å². The molecule has 2 unspecified atom stereocenters. The largest absolute Gasteiger partial charge is 0.391 e. The number of aliphatic hydroxyl groups excluding tert-OH is 1. The molecule has 1 aliphatic rings. The number of aromatic nitrogens is 2. The third-order valence-corrected chi connectivity index (χ3v) is 1.87. The van der Waals surface area contributed by atoms with Gasteiger partial charge in [-0.1, -0.05) is 0 Å². The van der Waals surface area contributed by atoms with Gasteiger partial charge >= 0.3 is 0 Å². The second kappa shape index (κ2) is 3.68. The summed E-state index contributed by atoms with van der Waals surface area (Å²) in [6.45, 7) is 0.392. The number of hydrogen-bond acceptors (Lipinski definition) is 5. The maximum atomic E-state index is 9.18. The molecular formula is C8H11N3O2. The van der Waals surface area contributed by atoms with Crippen molar-refractivity contribution in [1.29, 1.82) is 0 Å². The zero-order valence-corrected chi connectivity index (χ0v) is 7.05. The molecule has 2 rings (SSSR count). The molecule has 1 aliphatic heterocycles. The molecule has 0 saturated carbocycles. The van der Waals surface area contributed by atoms with E-state index in [9.17, 15) is 5.11 Å². The van der Waals surface area contributed by atoms with Crippen LogP contribution in [0.3, 0.4) is 0 Å². The third-order valence-electron chi connectivity index (χ3n) is 1.87. The molecule has 0 radical (unpaired) electrons. The first-order valence-corrected chi connectivity index (χ1v) is 4.17. The maximum absolute atomic E-state index is 9.18. The van der Waals surface area contributed by atoms with Crippen LogP contribution >= 0.6 is 0 Å². The number of rotatable bonds is 2. The molecule has 70 valence electrons. The van der Waals surface area contributed by atoms with Gasteiger partial charge in [-0.25, -0.2) is 9.97 Å². The van der Waals surface area contributed by atoms with Crippen molar-refractivity contribution < 1.29 is 9.84 Å². The highest BCUT2D eigenvalue weighted by molar-refractivity contribution is 5.32. The quantitative estimate of drug-likeness (QED) is 0.672. The van der Waals surface area contributed by atoms with Gasteiger partial charge in [0.1, 0.15) is 18.4 Å². The number of nitrogens with one attached hydrogen (secondary N) is 1. The predicted octanol–water partition coefficient (Wildman–Crippen LogP) is -0.00420. The molecule has 1 fully saturated rings. The van der Waals surface area contributed by atoms with Gasteiger partial charge in [-0.2, -0.15) is 0 Å². The molecule has 0 bridgehead atoms. The number of anilines is 1. The Hall–Kier alpha value is -1.20. The van der Waals surface area contributed by atoms with Crippen molar-refractivity contribution in [2.45, 2.75) is 18.8 Å². The van der Waals surface area contributed by atoms with E-state index in [1.54, 1.807) is 12.3 Å². The summed E-state index contributed by atoms with van der Waals surface area (Å²) >= 11 is 0. The van der Waals surface area contributed by atoms with E-state index in [-0.39, 0.29) is 12.3 Å². The topological polar surface area (TPSA) is 67.3 Å². The molecule has 1 saturated heterocycles. The summed E-state index contributed by atoms with van der Waals surface area (Å²) in [7, 11) is 0. The standard InChI is InChI=1S/C8H11N3O2/c12-6-3-8(13-4-6)11-7-1-2-9-5-10-7/h1-2,5-6,8,12H,3-4H2,(H,9,10,11). The van der Waals surface area contributed by atoms with Crippen molar-refractivity contribution in [2.24, 2.45) is 0 Å². The fraction of sp³-hybridized carbons (Fsp3) is 0.500. The summed E-state index contributed by atoms with van der Waals surface area (Å²) in [4.78, 5) is 7.78. The van der Waals surface area contributed by atoms with E-state index >= 15 is 0 Å².